The molecule has 156 valence electrons. The van der Waals surface area contributed by atoms with Gasteiger partial charge in [-0.3, -0.25) is 4.79 Å². The minimum atomic E-state index is -0.759. The number of nitrogen functional groups attached to an aromatic ring is 1. The number of rotatable bonds is 8. The predicted octanol–water partition coefficient (Wildman–Crippen LogP) is 2.98. The smallest absolute Gasteiger partial charge is 0.342 e. The van der Waals surface area contributed by atoms with Gasteiger partial charge >= 0.3 is 5.97 Å². The molecular weight excluding hydrogens is 400 g/mol. The highest BCUT2D eigenvalue weighted by molar-refractivity contribution is 6.33. The number of nitrogens with one attached hydrogen (secondary N) is 1. The highest BCUT2D eigenvalue weighted by Gasteiger charge is 2.19. The molecule has 0 spiro atoms. The lowest BCUT2D eigenvalue weighted by Crippen LogP contribution is -2.31. The number of amides is 1. The zero-order valence-electron chi connectivity index (χ0n) is 16.6. The van der Waals surface area contributed by atoms with Crippen molar-refractivity contribution < 1.29 is 28.5 Å². The van der Waals surface area contributed by atoms with Crippen molar-refractivity contribution in [2.24, 2.45) is 0 Å². The third kappa shape index (κ3) is 5.45. The number of hydrogen-bond acceptors (Lipinski definition) is 7. The molecule has 0 fully saturated rings. The maximum absolute atomic E-state index is 12.3. The minimum Gasteiger partial charge on any atom is -0.497 e. The first-order valence-corrected chi connectivity index (χ1v) is 8.99. The van der Waals surface area contributed by atoms with Gasteiger partial charge in [0, 0.05) is 11.6 Å². The molecule has 0 radical (unpaired) electrons. The average Bonchev–Trinajstić information content (AvgIpc) is 2.72. The second-order valence-electron chi connectivity index (χ2n) is 6.05. The Bertz CT molecular complexity index is 903. The summed E-state index contributed by atoms with van der Waals surface area (Å²) < 4.78 is 20.7. The predicted molar refractivity (Wildman–Crippen MR) is 109 cm³/mol. The van der Waals surface area contributed by atoms with Crippen molar-refractivity contribution in [3.05, 3.63) is 46.5 Å². The second-order valence-corrected chi connectivity index (χ2v) is 6.45. The molecule has 0 aliphatic rings. The molecule has 1 atom stereocenters. The fraction of sp³-hybridized carbons (Fsp3) is 0.300. The number of halogens is 1. The molecule has 9 heteroatoms. The zero-order chi connectivity index (χ0) is 21.6. The standard InChI is InChI=1S/C20H23ClN2O6/c1-11(13-7-12(26-2)5-6-17(13)27-3)23-19(24)10-29-20(25)14-8-15(21)16(22)9-18(14)28-4/h5-9,11H,10,22H2,1-4H3,(H,23,24)/t11-/m0/s1. The van der Waals surface area contributed by atoms with E-state index in [2.05, 4.69) is 5.32 Å². The molecule has 0 unspecified atom stereocenters. The molecule has 0 aliphatic heterocycles. The average molecular weight is 423 g/mol. The van der Waals surface area contributed by atoms with E-state index in [1.165, 1.54) is 26.4 Å². The molecule has 2 rings (SSSR count). The Balaban J connectivity index is 2.03. The third-order valence-corrected chi connectivity index (χ3v) is 4.48. The van der Waals surface area contributed by atoms with Crippen LogP contribution in [0, 0.1) is 0 Å². The number of ether oxygens (including phenoxy) is 4. The van der Waals surface area contributed by atoms with Crippen LogP contribution in [0.3, 0.4) is 0 Å². The first-order chi connectivity index (χ1) is 13.8. The van der Waals surface area contributed by atoms with Gasteiger partial charge in [-0.2, -0.15) is 0 Å². The summed E-state index contributed by atoms with van der Waals surface area (Å²) in [7, 11) is 4.47. The van der Waals surface area contributed by atoms with Gasteiger partial charge < -0.3 is 30.0 Å². The lowest BCUT2D eigenvalue weighted by Gasteiger charge is -2.18. The van der Waals surface area contributed by atoms with Crippen molar-refractivity contribution in [2.75, 3.05) is 33.7 Å². The zero-order valence-corrected chi connectivity index (χ0v) is 17.3. The molecule has 1 amide bonds. The SMILES string of the molecule is COc1ccc(OC)c([C@H](C)NC(=O)COC(=O)c2cc(Cl)c(N)cc2OC)c1. The van der Waals surface area contributed by atoms with Gasteiger partial charge in [-0.25, -0.2) is 4.79 Å². The molecule has 29 heavy (non-hydrogen) atoms. The van der Waals surface area contributed by atoms with Crippen LogP contribution in [0.5, 0.6) is 17.2 Å². The summed E-state index contributed by atoms with van der Waals surface area (Å²) in [6.07, 6.45) is 0. The van der Waals surface area contributed by atoms with E-state index in [9.17, 15) is 9.59 Å². The molecular formula is C20H23ClN2O6. The first-order valence-electron chi connectivity index (χ1n) is 8.62. The van der Waals surface area contributed by atoms with Gasteiger partial charge in [0.2, 0.25) is 0 Å². The van der Waals surface area contributed by atoms with Gasteiger partial charge in [0.25, 0.3) is 5.91 Å². The summed E-state index contributed by atoms with van der Waals surface area (Å²) in [4.78, 5) is 24.6. The Labute approximate surface area is 173 Å². The van der Waals surface area contributed by atoms with E-state index in [-0.39, 0.29) is 22.0 Å². The second kappa shape index (κ2) is 9.88. The van der Waals surface area contributed by atoms with Crippen LogP contribution in [0.2, 0.25) is 5.02 Å². The van der Waals surface area contributed by atoms with Crippen molar-refractivity contribution in [2.45, 2.75) is 13.0 Å². The van der Waals surface area contributed by atoms with Crippen LogP contribution in [0.15, 0.2) is 30.3 Å². The number of anilines is 1. The largest absolute Gasteiger partial charge is 0.497 e. The van der Waals surface area contributed by atoms with Gasteiger partial charge in [0.05, 0.1) is 38.1 Å². The molecule has 0 bridgehead atoms. The summed E-state index contributed by atoms with van der Waals surface area (Å²) in [6.45, 7) is 1.29. The van der Waals surface area contributed by atoms with Gasteiger partial charge in [0.1, 0.15) is 22.8 Å². The highest BCUT2D eigenvalue weighted by atomic mass is 35.5. The molecule has 0 aromatic heterocycles. The van der Waals surface area contributed by atoms with E-state index in [0.29, 0.717) is 11.5 Å². The molecule has 2 aromatic rings. The molecule has 2 aromatic carbocycles. The van der Waals surface area contributed by atoms with Crippen molar-refractivity contribution >= 4 is 29.2 Å². The Morgan fingerprint density at radius 2 is 1.76 bits per heavy atom. The van der Waals surface area contributed by atoms with Crippen molar-refractivity contribution in [1.29, 1.82) is 0 Å². The monoisotopic (exact) mass is 422 g/mol. The fourth-order valence-corrected chi connectivity index (χ4v) is 2.81. The molecule has 0 saturated heterocycles. The molecule has 8 nitrogen and oxygen atoms in total. The first kappa shape index (κ1) is 22.2. The van der Waals surface area contributed by atoms with E-state index >= 15 is 0 Å². The fourth-order valence-electron chi connectivity index (χ4n) is 2.65. The number of esters is 1. The van der Waals surface area contributed by atoms with Gasteiger partial charge in [-0.1, -0.05) is 11.6 Å². The van der Waals surface area contributed by atoms with E-state index in [0.717, 1.165) is 5.56 Å². The lowest BCUT2D eigenvalue weighted by atomic mass is 10.1. The third-order valence-electron chi connectivity index (χ3n) is 4.15. The van der Waals surface area contributed by atoms with Crippen molar-refractivity contribution in [3.8, 4) is 17.2 Å². The number of methoxy groups -OCH3 is 3. The van der Waals surface area contributed by atoms with Crippen LogP contribution < -0.4 is 25.3 Å². The summed E-state index contributed by atoms with van der Waals surface area (Å²) in [5.41, 5.74) is 6.75. The number of nitrogens with two attached hydrogens (primary N) is 1. The van der Waals surface area contributed by atoms with Gasteiger partial charge in [0.15, 0.2) is 6.61 Å². The topological polar surface area (TPSA) is 109 Å². The van der Waals surface area contributed by atoms with Crippen molar-refractivity contribution in [3.63, 3.8) is 0 Å². The quantitative estimate of drug-likeness (QED) is 0.497. The van der Waals surface area contributed by atoms with Crippen LogP contribution in [-0.4, -0.2) is 39.8 Å². The Morgan fingerprint density at radius 3 is 2.38 bits per heavy atom. The number of hydrogen-bond donors (Lipinski definition) is 2. The Kier molecular flexibility index (Phi) is 7.55. The van der Waals surface area contributed by atoms with E-state index < -0.39 is 24.5 Å². The van der Waals surface area contributed by atoms with Crippen LogP contribution in [0.25, 0.3) is 0 Å². The molecule has 0 aliphatic carbocycles. The lowest BCUT2D eigenvalue weighted by molar-refractivity contribution is -0.124. The normalized spacial score (nSPS) is 11.3. The summed E-state index contributed by atoms with van der Waals surface area (Å²) in [5, 5.41) is 2.93. The number of benzene rings is 2. The van der Waals surface area contributed by atoms with Crippen molar-refractivity contribution in [1.82, 2.24) is 5.32 Å². The molecule has 0 saturated carbocycles. The van der Waals surface area contributed by atoms with Crippen LogP contribution in [0.1, 0.15) is 28.9 Å². The molecule has 0 heterocycles. The van der Waals surface area contributed by atoms with Crippen LogP contribution in [0.4, 0.5) is 5.69 Å². The number of carbonyl (C=O) groups excluding carboxylic acids is 2. The van der Waals surface area contributed by atoms with Gasteiger partial charge in [-0.15, -0.1) is 0 Å². The van der Waals surface area contributed by atoms with Gasteiger partial charge in [-0.05, 0) is 31.2 Å². The minimum absolute atomic E-state index is 0.0713. The molecule has 3 N–H and O–H groups in total. The maximum atomic E-state index is 12.3. The number of carbonyl (C=O) groups is 2. The summed E-state index contributed by atoms with van der Waals surface area (Å²) >= 11 is 5.95. The summed E-state index contributed by atoms with van der Waals surface area (Å²) in [5.74, 6) is 0.172. The van der Waals surface area contributed by atoms with E-state index in [4.69, 9.17) is 36.3 Å². The van der Waals surface area contributed by atoms with E-state index in [1.807, 2.05) is 0 Å². The van der Waals surface area contributed by atoms with E-state index in [1.54, 1.807) is 32.2 Å². The maximum Gasteiger partial charge on any atom is 0.342 e. The highest BCUT2D eigenvalue weighted by Crippen LogP contribution is 2.30. The Morgan fingerprint density at radius 1 is 1.07 bits per heavy atom. The van der Waals surface area contributed by atoms with Crippen LogP contribution >= 0.6 is 11.6 Å². The summed E-state index contributed by atoms with van der Waals surface area (Å²) in [6, 6.07) is 7.59. The van der Waals surface area contributed by atoms with Crippen LogP contribution in [-0.2, 0) is 9.53 Å². The Hall–Kier alpha value is -3.13.